The third-order valence-corrected chi connectivity index (χ3v) is 8.22. The highest BCUT2D eigenvalue weighted by Gasteiger charge is 2.28. The first-order valence-corrected chi connectivity index (χ1v) is 14.3. The molecule has 1 aliphatic carbocycles. The summed E-state index contributed by atoms with van der Waals surface area (Å²) in [4.78, 5) is 28.0. The van der Waals surface area contributed by atoms with E-state index in [9.17, 15) is 9.59 Å². The Balaban J connectivity index is 1.27. The molecule has 0 aromatic heterocycles. The molecule has 4 aromatic rings. The van der Waals surface area contributed by atoms with Crippen LogP contribution in [-0.4, -0.2) is 37.6 Å². The van der Waals surface area contributed by atoms with E-state index in [1.807, 2.05) is 42.5 Å². The molecule has 5 nitrogen and oxygen atoms in total. The quantitative estimate of drug-likeness (QED) is 0.237. The lowest BCUT2D eigenvalue weighted by Gasteiger charge is -2.39. The maximum Gasteiger partial charge on any atom is 0.328 e. The summed E-state index contributed by atoms with van der Waals surface area (Å²) in [6, 6.07) is 32.5. The molecule has 5 rings (SSSR count). The van der Waals surface area contributed by atoms with E-state index < -0.39 is 12.0 Å². The Bertz CT molecular complexity index is 1430. The van der Waals surface area contributed by atoms with E-state index in [0.717, 1.165) is 24.9 Å². The van der Waals surface area contributed by atoms with Crippen LogP contribution in [0.5, 0.6) is 0 Å². The minimum Gasteiger partial charge on any atom is -0.467 e. The Morgan fingerprint density at radius 1 is 0.900 bits per heavy atom. The number of hydrogen-bond acceptors (Lipinski definition) is 4. The van der Waals surface area contributed by atoms with Crippen LogP contribution in [0.1, 0.15) is 60.0 Å². The predicted molar refractivity (Wildman–Crippen MR) is 162 cm³/mol. The second-order valence-corrected chi connectivity index (χ2v) is 10.7. The highest BCUT2D eigenvalue weighted by Crippen LogP contribution is 2.38. The van der Waals surface area contributed by atoms with Gasteiger partial charge in [-0.3, -0.25) is 4.79 Å². The lowest BCUT2D eigenvalue weighted by molar-refractivity contribution is -0.142. The Kier molecular flexibility index (Phi) is 8.80. The monoisotopic (exact) mass is 534 g/mol. The van der Waals surface area contributed by atoms with Crippen LogP contribution in [0.3, 0.4) is 0 Å². The number of benzene rings is 4. The molecule has 1 aliphatic rings. The number of ether oxygens (including phenoxy) is 1. The second-order valence-electron chi connectivity index (χ2n) is 10.7. The van der Waals surface area contributed by atoms with Crippen molar-refractivity contribution in [1.29, 1.82) is 0 Å². The number of methoxy groups -OCH3 is 1. The summed E-state index contributed by atoms with van der Waals surface area (Å²) in [6.07, 6.45) is 4.98. The molecule has 0 radical (unpaired) electrons. The van der Waals surface area contributed by atoms with Gasteiger partial charge in [-0.15, -0.1) is 0 Å². The Morgan fingerprint density at radius 3 is 2.38 bits per heavy atom. The van der Waals surface area contributed by atoms with Gasteiger partial charge in [0.1, 0.15) is 6.04 Å². The molecule has 206 valence electrons. The molecule has 1 saturated carbocycles. The summed E-state index contributed by atoms with van der Waals surface area (Å²) in [5, 5.41) is 5.46. The number of fused-ring (bicyclic) bond motifs is 1. The molecule has 0 saturated heterocycles. The fourth-order valence-electron chi connectivity index (χ4n) is 6.17. The molecular formula is C35H38N2O3. The molecule has 3 atom stereocenters. The van der Waals surface area contributed by atoms with E-state index >= 15 is 0 Å². The standard InChI is InChI=1S/C35H38N2O3/c1-3-37(33-18-10-14-27-13-7-8-17-31(27)33)30-16-9-15-29(24-30)26-19-21-28(22-20-26)34(38)36-32(35(39)40-2)23-25-11-5-4-6-12-25/h4-8,10-14,17-22,29-30,32H,3,9,15-16,23-24H2,1-2H3,(H,36,38). The zero-order valence-corrected chi connectivity index (χ0v) is 23.4. The summed E-state index contributed by atoms with van der Waals surface area (Å²) >= 11 is 0. The van der Waals surface area contributed by atoms with E-state index in [1.165, 1.54) is 42.0 Å². The van der Waals surface area contributed by atoms with Crippen molar-refractivity contribution in [1.82, 2.24) is 5.32 Å². The zero-order chi connectivity index (χ0) is 27.9. The molecule has 40 heavy (non-hydrogen) atoms. The SMILES string of the molecule is CCN(c1cccc2ccccc12)C1CCCC(c2ccc(C(=O)NC(Cc3ccccc3)C(=O)OC)cc2)C1. The predicted octanol–water partition coefficient (Wildman–Crippen LogP) is 6.91. The molecule has 0 bridgehead atoms. The lowest BCUT2D eigenvalue weighted by Crippen LogP contribution is -2.43. The number of rotatable bonds is 9. The normalized spacial score (nSPS) is 17.6. The van der Waals surface area contributed by atoms with Crippen LogP contribution in [0.15, 0.2) is 97.1 Å². The number of anilines is 1. The third-order valence-electron chi connectivity index (χ3n) is 8.22. The molecule has 0 aliphatic heterocycles. The summed E-state index contributed by atoms with van der Waals surface area (Å²) in [5.41, 5.74) is 4.09. The molecule has 1 amide bonds. The van der Waals surface area contributed by atoms with E-state index in [0.29, 0.717) is 23.9 Å². The van der Waals surface area contributed by atoms with Gasteiger partial charge in [-0.1, -0.05) is 85.3 Å². The third kappa shape index (κ3) is 6.20. The van der Waals surface area contributed by atoms with Gasteiger partial charge in [-0.2, -0.15) is 0 Å². The fourth-order valence-corrected chi connectivity index (χ4v) is 6.17. The average molecular weight is 535 g/mol. The molecule has 5 heteroatoms. The molecule has 0 heterocycles. The van der Waals surface area contributed by atoms with E-state index in [2.05, 4.69) is 71.7 Å². The molecular weight excluding hydrogens is 496 g/mol. The largest absolute Gasteiger partial charge is 0.467 e. The van der Waals surface area contributed by atoms with Crippen LogP contribution < -0.4 is 10.2 Å². The highest BCUT2D eigenvalue weighted by molar-refractivity contribution is 5.97. The van der Waals surface area contributed by atoms with Crippen LogP contribution >= 0.6 is 0 Å². The number of nitrogens with one attached hydrogen (secondary N) is 1. The van der Waals surface area contributed by atoms with Gasteiger partial charge >= 0.3 is 5.97 Å². The first-order chi connectivity index (χ1) is 19.6. The van der Waals surface area contributed by atoms with E-state index in [4.69, 9.17) is 4.74 Å². The number of carbonyl (C=O) groups is 2. The molecule has 1 N–H and O–H groups in total. The zero-order valence-electron chi connectivity index (χ0n) is 23.4. The van der Waals surface area contributed by atoms with Crippen molar-refractivity contribution in [3.8, 4) is 0 Å². The molecule has 4 aromatic carbocycles. The molecule has 3 unspecified atom stereocenters. The van der Waals surface area contributed by atoms with E-state index in [-0.39, 0.29) is 5.91 Å². The van der Waals surface area contributed by atoms with Crippen molar-refractivity contribution in [2.24, 2.45) is 0 Å². The Hall–Kier alpha value is -4.12. The van der Waals surface area contributed by atoms with Crippen molar-refractivity contribution in [2.75, 3.05) is 18.6 Å². The van der Waals surface area contributed by atoms with Crippen LogP contribution in [0.25, 0.3) is 10.8 Å². The maximum atomic E-state index is 13.1. The van der Waals surface area contributed by atoms with Gasteiger partial charge < -0.3 is 15.0 Å². The minimum atomic E-state index is -0.743. The van der Waals surface area contributed by atoms with Crippen LogP contribution in [0, 0.1) is 0 Å². The van der Waals surface area contributed by atoms with Gasteiger partial charge in [0.05, 0.1) is 7.11 Å². The number of carbonyl (C=O) groups excluding carboxylic acids is 2. The second kappa shape index (κ2) is 12.8. The lowest BCUT2D eigenvalue weighted by atomic mass is 9.80. The summed E-state index contributed by atoms with van der Waals surface area (Å²) < 4.78 is 4.96. The van der Waals surface area contributed by atoms with Gasteiger partial charge in [-0.25, -0.2) is 4.79 Å². The van der Waals surface area contributed by atoms with Crippen molar-refractivity contribution >= 4 is 28.3 Å². The van der Waals surface area contributed by atoms with Gasteiger partial charge in [-0.05, 0) is 66.8 Å². The van der Waals surface area contributed by atoms with Crippen LogP contribution in [-0.2, 0) is 16.0 Å². The van der Waals surface area contributed by atoms with Crippen molar-refractivity contribution in [3.05, 3.63) is 114 Å². The van der Waals surface area contributed by atoms with Crippen LogP contribution in [0.2, 0.25) is 0 Å². The summed E-state index contributed by atoms with van der Waals surface area (Å²) in [6.45, 7) is 3.22. The first-order valence-electron chi connectivity index (χ1n) is 14.3. The van der Waals surface area contributed by atoms with E-state index in [1.54, 1.807) is 0 Å². The van der Waals surface area contributed by atoms with Gasteiger partial charge in [0.2, 0.25) is 0 Å². The number of hydrogen-bond donors (Lipinski definition) is 1. The van der Waals surface area contributed by atoms with Crippen LogP contribution in [0.4, 0.5) is 5.69 Å². The minimum absolute atomic E-state index is 0.271. The van der Waals surface area contributed by atoms with Crippen molar-refractivity contribution in [2.45, 2.75) is 57.0 Å². The van der Waals surface area contributed by atoms with Gasteiger partial charge in [0, 0.05) is 35.6 Å². The summed E-state index contributed by atoms with van der Waals surface area (Å²) in [7, 11) is 1.35. The Morgan fingerprint density at radius 2 is 1.62 bits per heavy atom. The number of amides is 1. The van der Waals surface area contributed by atoms with Gasteiger partial charge in [0.15, 0.2) is 0 Å². The average Bonchev–Trinajstić information content (AvgIpc) is 3.01. The topological polar surface area (TPSA) is 58.6 Å². The smallest absolute Gasteiger partial charge is 0.328 e. The van der Waals surface area contributed by atoms with Gasteiger partial charge in [0.25, 0.3) is 5.91 Å². The number of esters is 1. The fraction of sp³-hybridized carbons (Fsp3) is 0.314. The van der Waals surface area contributed by atoms with Crippen molar-refractivity contribution < 1.29 is 14.3 Å². The Labute approximate surface area is 237 Å². The summed E-state index contributed by atoms with van der Waals surface area (Å²) in [5.74, 6) is -0.276. The molecule has 1 fully saturated rings. The number of nitrogens with zero attached hydrogens (tertiary/aromatic N) is 1. The molecule has 0 spiro atoms. The highest BCUT2D eigenvalue weighted by atomic mass is 16.5. The first kappa shape index (κ1) is 27.4. The van der Waals surface area contributed by atoms with Crippen molar-refractivity contribution in [3.63, 3.8) is 0 Å². The maximum absolute atomic E-state index is 13.1.